The molecule has 2 aliphatic heterocycles. The molecule has 2 nitrogen and oxygen atoms in total. The van der Waals surface area contributed by atoms with E-state index in [1.54, 1.807) is 0 Å². The molecule has 2 aliphatic rings. The van der Waals surface area contributed by atoms with Gasteiger partial charge in [-0.15, -0.1) is 0 Å². The monoisotopic (exact) mass is 192 g/mol. The third-order valence-electron chi connectivity index (χ3n) is 2.17. The molecule has 4 heteroatoms. The predicted molar refractivity (Wildman–Crippen MR) is 50.4 cm³/mol. The molecule has 0 aromatic carbocycles. The van der Waals surface area contributed by atoms with E-state index >= 15 is 0 Å². The van der Waals surface area contributed by atoms with Crippen molar-refractivity contribution >= 4 is 16.5 Å². The molecule has 64 valence electrons. The van der Waals surface area contributed by atoms with E-state index in [1.165, 1.54) is 12.3 Å². The quantitative estimate of drug-likeness (QED) is 0.586. The van der Waals surface area contributed by atoms with Gasteiger partial charge in [0.2, 0.25) is 0 Å². The lowest BCUT2D eigenvalue weighted by Gasteiger charge is -2.20. The van der Waals surface area contributed by atoms with Crippen LogP contribution in [0.3, 0.4) is 0 Å². The number of ether oxygens (including phenoxy) is 2. The Morgan fingerprint density at radius 2 is 2.27 bits per heavy atom. The van der Waals surface area contributed by atoms with Crippen LogP contribution in [0.25, 0.3) is 0 Å². The fraction of sp³-hybridized carbons (Fsp3) is 1.00. The molecule has 2 saturated heterocycles. The van der Waals surface area contributed by atoms with Gasteiger partial charge in [-0.3, -0.25) is 0 Å². The van der Waals surface area contributed by atoms with Crippen LogP contribution in [0, 0.1) is 0 Å². The van der Waals surface area contributed by atoms with E-state index in [9.17, 15) is 0 Å². The van der Waals surface area contributed by atoms with Crippen LogP contribution >= 0.6 is 16.5 Å². The summed E-state index contributed by atoms with van der Waals surface area (Å²) in [6, 6.07) is 0. The molecule has 0 bridgehead atoms. The van der Waals surface area contributed by atoms with Crippen LogP contribution in [0.2, 0.25) is 0 Å². The van der Waals surface area contributed by atoms with Crippen LogP contribution in [-0.2, 0) is 9.47 Å². The lowest BCUT2D eigenvalue weighted by molar-refractivity contribution is 0.0368. The first-order chi connectivity index (χ1) is 5.38. The Bertz CT molecular complexity index is 136. The van der Waals surface area contributed by atoms with Gasteiger partial charge in [0.1, 0.15) is 11.7 Å². The second kappa shape index (κ2) is 3.66. The van der Waals surface area contributed by atoms with Gasteiger partial charge in [0.25, 0.3) is 0 Å². The third-order valence-corrected chi connectivity index (χ3v) is 5.99. The molecule has 0 N–H and O–H groups in total. The lowest BCUT2D eigenvalue weighted by atomic mass is 10.7. The normalized spacial score (nSPS) is 47.2. The van der Waals surface area contributed by atoms with Gasteiger partial charge in [-0.05, 0) is 19.0 Å². The van der Waals surface area contributed by atoms with Crippen LogP contribution in [-0.4, -0.2) is 43.9 Å². The van der Waals surface area contributed by atoms with Crippen LogP contribution in [0.15, 0.2) is 0 Å². The zero-order valence-electron chi connectivity index (χ0n) is 6.75. The summed E-state index contributed by atoms with van der Waals surface area (Å²) in [6.07, 6.45) is 2.54. The van der Waals surface area contributed by atoms with Crippen LogP contribution in [0.4, 0.5) is 0 Å². The highest BCUT2D eigenvalue weighted by molar-refractivity contribution is 7.58. The predicted octanol–water partition coefficient (Wildman–Crippen LogP) is 1.49. The first-order valence-corrected chi connectivity index (χ1v) is 7.37. The molecule has 0 radical (unpaired) electrons. The smallest absolute Gasteiger partial charge is 0.106 e. The first kappa shape index (κ1) is 8.38. The van der Waals surface area contributed by atoms with Crippen molar-refractivity contribution in [3.05, 3.63) is 0 Å². The Hall–Kier alpha value is 0.780. The fourth-order valence-electron chi connectivity index (χ4n) is 1.52. The molecule has 4 atom stereocenters. The maximum Gasteiger partial charge on any atom is 0.106 e. The molecule has 2 rings (SSSR count). The van der Waals surface area contributed by atoms with E-state index in [0.717, 1.165) is 21.8 Å². The molecule has 11 heavy (non-hydrogen) atoms. The molecule has 0 aliphatic carbocycles. The van der Waals surface area contributed by atoms with Crippen molar-refractivity contribution in [1.82, 2.24) is 0 Å². The van der Waals surface area contributed by atoms with Gasteiger partial charge in [0, 0.05) is 0 Å². The summed E-state index contributed by atoms with van der Waals surface area (Å²) in [5.74, 6) is 0.944. The summed E-state index contributed by atoms with van der Waals surface area (Å²) in [5.41, 5.74) is 0. The standard InChI is InChI=1S/C7H14O2P2/c1-11-5-3-9-7(11)6-8-2-4-10-6/h6-7,10H,2-5H2,1H3/t6?,7-,11-/m1/s1. The van der Waals surface area contributed by atoms with Gasteiger partial charge < -0.3 is 9.47 Å². The van der Waals surface area contributed by atoms with Crippen molar-refractivity contribution in [3.8, 4) is 0 Å². The zero-order chi connectivity index (χ0) is 7.68. The Kier molecular flexibility index (Phi) is 2.79. The summed E-state index contributed by atoms with van der Waals surface area (Å²) in [5, 5.41) is 0. The Labute approximate surface area is 70.6 Å². The fourth-order valence-corrected chi connectivity index (χ4v) is 5.21. The van der Waals surface area contributed by atoms with Gasteiger partial charge in [-0.1, -0.05) is 16.5 Å². The van der Waals surface area contributed by atoms with Crippen LogP contribution in [0.1, 0.15) is 0 Å². The van der Waals surface area contributed by atoms with Crippen molar-refractivity contribution in [2.75, 3.05) is 32.2 Å². The van der Waals surface area contributed by atoms with E-state index in [0.29, 0.717) is 11.7 Å². The van der Waals surface area contributed by atoms with Crippen molar-refractivity contribution in [2.45, 2.75) is 11.7 Å². The molecule has 0 saturated carbocycles. The SMILES string of the molecule is C[P@]1CCO[C@H]1C1OCCP1. The minimum Gasteiger partial charge on any atom is -0.371 e. The van der Waals surface area contributed by atoms with Crippen LogP contribution in [0.5, 0.6) is 0 Å². The van der Waals surface area contributed by atoms with Crippen LogP contribution < -0.4 is 0 Å². The molecular formula is C7H14O2P2. The molecule has 0 spiro atoms. The van der Waals surface area contributed by atoms with Gasteiger partial charge in [-0.2, -0.15) is 0 Å². The van der Waals surface area contributed by atoms with Crippen molar-refractivity contribution < 1.29 is 9.47 Å². The Morgan fingerprint density at radius 3 is 2.82 bits per heavy atom. The van der Waals surface area contributed by atoms with E-state index in [1.807, 2.05) is 0 Å². The first-order valence-electron chi connectivity index (χ1n) is 4.05. The Morgan fingerprint density at radius 1 is 1.36 bits per heavy atom. The molecule has 0 aromatic heterocycles. The molecule has 0 amide bonds. The Balaban J connectivity index is 1.92. The van der Waals surface area contributed by atoms with E-state index in [2.05, 4.69) is 6.66 Å². The van der Waals surface area contributed by atoms with Gasteiger partial charge in [0.05, 0.1) is 13.2 Å². The highest BCUT2D eigenvalue weighted by Gasteiger charge is 2.34. The van der Waals surface area contributed by atoms with Gasteiger partial charge in [0.15, 0.2) is 0 Å². The highest BCUT2D eigenvalue weighted by atomic mass is 31.1. The summed E-state index contributed by atoms with van der Waals surface area (Å²) in [7, 11) is 1.11. The summed E-state index contributed by atoms with van der Waals surface area (Å²) in [6.45, 7) is 4.27. The van der Waals surface area contributed by atoms with Crippen molar-refractivity contribution in [1.29, 1.82) is 0 Å². The number of rotatable bonds is 1. The van der Waals surface area contributed by atoms with E-state index in [4.69, 9.17) is 9.47 Å². The highest BCUT2D eigenvalue weighted by Crippen LogP contribution is 2.49. The molecular weight excluding hydrogens is 178 g/mol. The number of hydrogen-bond donors (Lipinski definition) is 0. The summed E-state index contributed by atoms with van der Waals surface area (Å²) < 4.78 is 11.3. The topological polar surface area (TPSA) is 18.5 Å². The van der Waals surface area contributed by atoms with E-state index in [-0.39, 0.29) is 7.92 Å². The molecule has 2 heterocycles. The maximum absolute atomic E-state index is 5.66. The van der Waals surface area contributed by atoms with Crippen molar-refractivity contribution in [2.24, 2.45) is 0 Å². The average molecular weight is 192 g/mol. The molecule has 0 aromatic rings. The van der Waals surface area contributed by atoms with E-state index < -0.39 is 0 Å². The summed E-state index contributed by atoms with van der Waals surface area (Å²) >= 11 is 0. The minimum absolute atomic E-state index is 0.120. The van der Waals surface area contributed by atoms with Gasteiger partial charge in [-0.25, -0.2) is 0 Å². The summed E-state index contributed by atoms with van der Waals surface area (Å²) in [4.78, 5) is 0. The lowest BCUT2D eigenvalue weighted by Crippen LogP contribution is -2.19. The molecule has 2 unspecified atom stereocenters. The maximum atomic E-state index is 5.66. The van der Waals surface area contributed by atoms with Crippen molar-refractivity contribution in [3.63, 3.8) is 0 Å². The average Bonchev–Trinajstić information content (AvgIpc) is 2.55. The second-order valence-corrected chi connectivity index (χ2v) is 6.93. The molecule has 2 fully saturated rings. The minimum atomic E-state index is 0.120. The third kappa shape index (κ3) is 1.75. The zero-order valence-corrected chi connectivity index (χ0v) is 8.64. The second-order valence-electron chi connectivity index (χ2n) is 2.99. The largest absolute Gasteiger partial charge is 0.371 e. The number of hydrogen-bond acceptors (Lipinski definition) is 2. The van der Waals surface area contributed by atoms with Gasteiger partial charge >= 0.3 is 0 Å².